The first kappa shape index (κ1) is 11.5. The fraction of sp³-hybridized carbons (Fsp3) is 0.308. The molecule has 1 aromatic carbocycles. The van der Waals surface area contributed by atoms with Crippen molar-refractivity contribution in [3.63, 3.8) is 0 Å². The minimum absolute atomic E-state index is 1.05. The highest BCUT2D eigenvalue weighted by Crippen LogP contribution is 2.39. The quantitative estimate of drug-likeness (QED) is 0.825. The minimum Gasteiger partial charge on any atom is -0.387 e. The molecule has 17 heavy (non-hydrogen) atoms. The van der Waals surface area contributed by atoms with Crippen LogP contribution in [0, 0.1) is 0 Å². The van der Waals surface area contributed by atoms with Gasteiger partial charge >= 0.3 is 0 Å². The van der Waals surface area contributed by atoms with Crippen molar-refractivity contribution in [2.45, 2.75) is 19.3 Å². The number of anilines is 1. The summed E-state index contributed by atoms with van der Waals surface area (Å²) in [4.78, 5) is 4.81. The van der Waals surface area contributed by atoms with Gasteiger partial charge in [0, 0.05) is 32.8 Å². The third-order valence-corrected chi connectivity index (χ3v) is 4.62. The summed E-state index contributed by atoms with van der Waals surface area (Å²) >= 11 is 7.22. The number of hydrogen-bond donors (Lipinski definition) is 1. The first-order valence-corrected chi connectivity index (χ1v) is 7.28. The number of benzene rings is 1. The molecule has 1 N–H and O–H groups in total. The van der Waals surface area contributed by atoms with E-state index in [4.69, 9.17) is 4.98 Å². The van der Waals surface area contributed by atoms with Crippen molar-refractivity contribution >= 4 is 48.5 Å². The van der Waals surface area contributed by atoms with Crippen LogP contribution in [0.25, 0.3) is 10.9 Å². The zero-order chi connectivity index (χ0) is 12.0. The number of aromatic nitrogens is 1. The molecule has 2 aromatic rings. The molecule has 0 saturated carbocycles. The molecule has 88 valence electrons. The molecule has 0 unspecified atom stereocenters. The summed E-state index contributed by atoms with van der Waals surface area (Å²) in [5, 5.41) is 4.53. The van der Waals surface area contributed by atoms with Gasteiger partial charge in [-0.05, 0) is 52.9 Å². The molecule has 0 spiro atoms. The van der Waals surface area contributed by atoms with E-state index in [1.54, 1.807) is 0 Å². The lowest BCUT2D eigenvalue weighted by Gasteiger charge is -2.14. The number of rotatable bonds is 1. The summed E-state index contributed by atoms with van der Waals surface area (Å²) in [7, 11) is 1.99. The van der Waals surface area contributed by atoms with Crippen molar-refractivity contribution in [3.8, 4) is 0 Å². The second-order valence-corrected chi connectivity index (χ2v) is 5.98. The number of nitrogens with zero attached hydrogens (tertiary/aromatic N) is 1. The van der Waals surface area contributed by atoms with Crippen LogP contribution < -0.4 is 5.32 Å². The molecular weight excluding hydrogens is 344 g/mol. The second-order valence-electron chi connectivity index (χ2n) is 4.27. The Labute approximate surface area is 117 Å². The predicted octanol–water partition coefficient (Wildman–Crippen LogP) is 4.29. The van der Waals surface area contributed by atoms with E-state index in [1.807, 2.05) is 13.1 Å². The lowest BCUT2D eigenvalue weighted by atomic mass is 10.1. The Morgan fingerprint density at radius 1 is 1.18 bits per heavy atom. The molecule has 1 aliphatic carbocycles. The Kier molecular flexibility index (Phi) is 2.87. The van der Waals surface area contributed by atoms with E-state index in [0.717, 1.165) is 27.3 Å². The van der Waals surface area contributed by atoms with Gasteiger partial charge in [-0.2, -0.15) is 0 Å². The van der Waals surface area contributed by atoms with Crippen LogP contribution in [0.3, 0.4) is 0 Å². The Balaban J connectivity index is 2.49. The van der Waals surface area contributed by atoms with Gasteiger partial charge in [0.05, 0.1) is 5.52 Å². The van der Waals surface area contributed by atoms with E-state index in [0.29, 0.717) is 0 Å². The zero-order valence-electron chi connectivity index (χ0n) is 9.48. The Morgan fingerprint density at radius 3 is 2.71 bits per heavy atom. The molecule has 0 amide bonds. The smallest absolute Gasteiger partial charge is 0.0879 e. The highest BCUT2D eigenvalue weighted by molar-refractivity contribution is 9.11. The van der Waals surface area contributed by atoms with Gasteiger partial charge in [-0.15, -0.1) is 0 Å². The van der Waals surface area contributed by atoms with E-state index < -0.39 is 0 Å². The first-order valence-electron chi connectivity index (χ1n) is 5.69. The van der Waals surface area contributed by atoms with Crippen molar-refractivity contribution in [2.24, 2.45) is 0 Å². The Bertz CT molecular complexity index is 608. The fourth-order valence-electron chi connectivity index (χ4n) is 2.57. The average molecular weight is 356 g/mol. The highest BCUT2D eigenvalue weighted by Gasteiger charge is 2.21. The second kappa shape index (κ2) is 4.25. The fourth-order valence-corrected chi connectivity index (χ4v) is 3.51. The van der Waals surface area contributed by atoms with Crippen molar-refractivity contribution in [1.82, 2.24) is 4.98 Å². The number of nitrogens with one attached hydrogen (secondary N) is 1. The minimum atomic E-state index is 1.05. The molecule has 2 nitrogen and oxygen atoms in total. The molecule has 0 radical (unpaired) electrons. The number of hydrogen-bond acceptors (Lipinski definition) is 2. The highest BCUT2D eigenvalue weighted by atomic mass is 79.9. The summed E-state index contributed by atoms with van der Waals surface area (Å²) in [6.45, 7) is 0. The monoisotopic (exact) mass is 354 g/mol. The van der Waals surface area contributed by atoms with Crippen molar-refractivity contribution < 1.29 is 0 Å². The van der Waals surface area contributed by atoms with Crippen LogP contribution >= 0.6 is 31.9 Å². The van der Waals surface area contributed by atoms with Gasteiger partial charge in [-0.25, -0.2) is 0 Å². The Hall–Kier alpha value is -0.610. The first-order chi connectivity index (χ1) is 8.22. The predicted molar refractivity (Wildman–Crippen MR) is 78.7 cm³/mol. The van der Waals surface area contributed by atoms with E-state index >= 15 is 0 Å². The zero-order valence-corrected chi connectivity index (χ0v) is 12.7. The SMILES string of the molecule is CNc1c2c(nc3c(Br)ccc(Br)c13)CCC2. The number of aryl methyl sites for hydroxylation is 1. The van der Waals surface area contributed by atoms with Gasteiger partial charge < -0.3 is 5.32 Å². The number of pyridine rings is 1. The van der Waals surface area contributed by atoms with Gasteiger partial charge in [0.15, 0.2) is 0 Å². The topological polar surface area (TPSA) is 24.9 Å². The lowest BCUT2D eigenvalue weighted by molar-refractivity contribution is 0.901. The van der Waals surface area contributed by atoms with Crippen LogP contribution in [0.1, 0.15) is 17.7 Å². The molecule has 0 saturated heterocycles. The summed E-state index contributed by atoms with van der Waals surface area (Å²) in [6, 6.07) is 4.11. The maximum Gasteiger partial charge on any atom is 0.0879 e. The van der Waals surface area contributed by atoms with Crippen LogP contribution in [-0.2, 0) is 12.8 Å². The van der Waals surface area contributed by atoms with Gasteiger partial charge in [-0.3, -0.25) is 4.98 Å². The standard InChI is InChI=1S/C13H12Br2N2/c1-16-12-7-3-2-4-10(7)17-13-9(15)6-5-8(14)11(12)13/h5-6H,2-4H2,1H3,(H,16,17). The van der Waals surface area contributed by atoms with Crippen LogP contribution in [0.15, 0.2) is 21.1 Å². The van der Waals surface area contributed by atoms with E-state index in [1.165, 1.54) is 28.8 Å². The van der Waals surface area contributed by atoms with E-state index in [2.05, 4.69) is 43.2 Å². The molecular formula is C13H12Br2N2. The maximum atomic E-state index is 4.81. The molecule has 0 atom stereocenters. The summed E-state index contributed by atoms with van der Waals surface area (Å²) in [5.74, 6) is 0. The maximum absolute atomic E-state index is 4.81. The van der Waals surface area contributed by atoms with Crippen LogP contribution in [0.4, 0.5) is 5.69 Å². The summed E-state index contributed by atoms with van der Waals surface area (Å²) < 4.78 is 2.16. The van der Waals surface area contributed by atoms with E-state index in [-0.39, 0.29) is 0 Å². The van der Waals surface area contributed by atoms with E-state index in [9.17, 15) is 0 Å². The lowest BCUT2D eigenvalue weighted by Crippen LogP contribution is -2.00. The number of fused-ring (bicyclic) bond motifs is 2. The van der Waals surface area contributed by atoms with Gasteiger partial charge in [0.25, 0.3) is 0 Å². The van der Waals surface area contributed by atoms with Crippen LogP contribution in [0.5, 0.6) is 0 Å². The van der Waals surface area contributed by atoms with Gasteiger partial charge in [-0.1, -0.05) is 15.9 Å². The van der Waals surface area contributed by atoms with Crippen molar-refractivity contribution in [2.75, 3.05) is 12.4 Å². The molecule has 1 aliphatic rings. The van der Waals surface area contributed by atoms with Crippen molar-refractivity contribution in [1.29, 1.82) is 0 Å². The van der Waals surface area contributed by atoms with Crippen LogP contribution in [0.2, 0.25) is 0 Å². The molecule has 3 rings (SSSR count). The number of halogens is 2. The molecule has 4 heteroatoms. The summed E-state index contributed by atoms with van der Waals surface area (Å²) in [6.07, 6.45) is 3.44. The largest absolute Gasteiger partial charge is 0.387 e. The molecule has 0 bridgehead atoms. The molecule has 0 aliphatic heterocycles. The Morgan fingerprint density at radius 2 is 1.94 bits per heavy atom. The van der Waals surface area contributed by atoms with Gasteiger partial charge in [0.1, 0.15) is 0 Å². The molecule has 0 fully saturated rings. The van der Waals surface area contributed by atoms with Gasteiger partial charge in [0.2, 0.25) is 0 Å². The van der Waals surface area contributed by atoms with Crippen LogP contribution in [-0.4, -0.2) is 12.0 Å². The molecule has 1 heterocycles. The van der Waals surface area contributed by atoms with Crippen molar-refractivity contribution in [3.05, 3.63) is 32.3 Å². The average Bonchev–Trinajstić information content (AvgIpc) is 2.79. The summed E-state index contributed by atoms with van der Waals surface area (Å²) in [5.41, 5.74) is 4.92. The normalized spacial score (nSPS) is 14.1. The third kappa shape index (κ3) is 1.69. The third-order valence-electron chi connectivity index (χ3n) is 3.32. The molecule has 1 aromatic heterocycles.